The standard InChI is InChI=1S/C9H15NOS/c1-10-5-2-3-7-9(11)6(10)4-8(5)12-7/h5-9,11H,2-4H2,1H3. The van der Waals surface area contributed by atoms with E-state index < -0.39 is 0 Å². The monoisotopic (exact) mass is 185 g/mol. The van der Waals surface area contributed by atoms with E-state index in [1.807, 2.05) is 11.8 Å². The van der Waals surface area contributed by atoms with Crippen LogP contribution in [0.3, 0.4) is 0 Å². The fourth-order valence-electron chi connectivity index (χ4n) is 3.11. The van der Waals surface area contributed by atoms with Crippen molar-refractivity contribution >= 4 is 11.8 Å². The zero-order chi connectivity index (χ0) is 8.29. The number of aliphatic hydroxyl groups excluding tert-OH is 1. The van der Waals surface area contributed by atoms with E-state index in [9.17, 15) is 5.11 Å². The maximum atomic E-state index is 9.99. The normalized spacial score (nSPS) is 58.0. The van der Waals surface area contributed by atoms with Crippen LogP contribution in [0, 0.1) is 0 Å². The van der Waals surface area contributed by atoms with Gasteiger partial charge in [0, 0.05) is 22.6 Å². The van der Waals surface area contributed by atoms with Gasteiger partial charge in [0.1, 0.15) is 0 Å². The van der Waals surface area contributed by atoms with Crippen LogP contribution in [-0.2, 0) is 0 Å². The average Bonchev–Trinajstić information content (AvgIpc) is 2.33. The fraction of sp³-hybridized carbons (Fsp3) is 1.00. The van der Waals surface area contributed by atoms with Gasteiger partial charge in [-0.2, -0.15) is 11.8 Å². The predicted octanol–water partition coefficient (Wildman–Crippen LogP) is 0.698. The highest BCUT2D eigenvalue weighted by Gasteiger charge is 2.52. The molecule has 3 fully saturated rings. The summed E-state index contributed by atoms with van der Waals surface area (Å²) >= 11 is 2.04. The van der Waals surface area contributed by atoms with Gasteiger partial charge in [-0.3, -0.25) is 4.90 Å². The number of thioether (sulfide) groups is 1. The van der Waals surface area contributed by atoms with Crippen LogP contribution >= 0.6 is 11.8 Å². The Morgan fingerprint density at radius 2 is 2.08 bits per heavy atom. The minimum Gasteiger partial charge on any atom is -0.390 e. The molecule has 5 unspecified atom stereocenters. The predicted molar refractivity (Wildman–Crippen MR) is 50.4 cm³/mol. The summed E-state index contributed by atoms with van der Waals surface area (Å²) in [4.78, 5) is 2.43. The summed E-state index contributed by atoms with van der Waals surface area (Å²) in [7, 11) is 2.19. The lowest BCUT2D eigenvalue weighted by molar-refractivity contribution is 0.0848. The second-order valence-corrected chi connectivity index (χ2v) is 5.80. The molecule has 2 nitrogen and oxygen atoms in total. The van der Waals surface area contributed by atoms with Gasteiger partial charge < -0.3 is 5.11 Å². The van der Waals surface area contributed by atoms with Crippen molar-refractivity contribution in [1.29, 1.82) is 0 Å². The summed E-state index contributed by atoms with van der Waals surface area (Å²) in [6.07, 6.45) is 3.72. The molecule has 3 aliphatic heterocycles. The van der Waals surface area contributed by atoms with E-state index in [4.69, 9.17) is 0 Å². The Morgan fingerprint density at radius 3 is 2.92 bits per heavy atom. The van der Waals surface area contributed by atoms with E-state index in [0.717, 1.165) is 11.3 Å². The fourth-order valence-corrected chi connectivity index (χ4v) is 4.99. The lowest BCUT2D eigenvalue weighted by Gasteiger charge is -2.35. The molecule has 68 valence electrons. The molecule has 3 rings (SSSR count). The van der Waals surface area contributed by atoms with E-state index in [1.165, 1.54) is 19.3 Å². The molecule has 5 atom stereocenters. The Kier molecular flexibility index (Phi) is 1.53. The van der Waals surface area contributed by atoms with Crippen molar-refractivity contribution in [2.75, 3.05) is 7.05 Å². The number of likely N-dealkylation sites (N-methyl/N-ethyl adjacent to an activating group) is 1. The van der Waals surface area contributed by atoms with Crippen LogP contribution in [0.4, 0.5) is 0 Å². The molecular formula is C9H15NOS. The maximum absolute atomic E-state index is 9.99. The third-order valence-corrected chi connectivity index (χ3v) is 5.54. The van der Waals surface area contributed by atoms with E-state index >= 15 is 0 Å². The van der Waals surface area contributed by atoms with Crippen LogP contribution in [-0.4, -0.2) is 45.7 Å². The Hall–Kier alpha value is 0.270. The smallest absolute Gasteiger partial charge is 0.0814 e. The largest absolute Gasteiger partial charge is 0.390 e. The third-order valence-electron chi connectivity index (χ3n) is 3.82. The Bertz CT molecular complexity index is 205. The van der Waals surface area contributed by atoms with Crippen LogP contribution in [0.5, 0.6) is 0 Å². The van der Waals surface area contributed by atoms with Gasteiger partial charge in [-0.25, -0.2) is 0 Å². The first-order valence-electron chi connectivity index (χ1n) is 4.83. The van der Waals surface area contributed by atoms with E-state index in [1.54, 1.807) is 0 Å². The van der Waals surface area contributed by atoms with Crippen molar-refractivity contribution in [2.45, 2.75) is 47.9 Å². The first-order chi connectivity index (χ1) is 5.77. The van der Waals surface area contributed by atoms with Crippen molar-refractivity contribution in [3.8, 4) is 0 Å². The zero-order valence-corrected chi connectivity index (χ0v) is 8.13. The average molecular weight is 185 g/mol. The highest BCUT2D eigenvalue weighted by Crippen LogP contribution is 2.50. The second-order valence-electron chi connectivity index (χ2n) is 4.32. The molecule has 3 aliphatic rings. The zero-order valence-electron chi connectivity index (χ0n) is 7.31. The SMILES string of the molecule is CN1C2CCC3SC2CC1C3O. The molecule has 12 heavy (non-hydrogen) atoms. The number of nitrogens with zero attached hydrogens (tertiary/aromatic N) is 1. The molecule has 0 amide bonds. The number of rotatable bonds is 0. The molecule has 0 saturated carbocycles. The Labute approximate surface area is 77.3 Å². The summed E-state index contributed by atoms with van der Waals surface area (Å²) in [5, 5.41) is 11.4. The highest BCUT2D eigenvalue weighted by atomic mass is 32.2. The lowest BCUT2D eigenvalue weighted by atomic mass is 9.97. The summed E-state index contributed by atoms with van der Waals surface area (Å²) < 4.78 is 0. The molecule has 3 heterocycles. The van der Waals surface area contributed by atoms with Crippen molar-refractivity contribution in [3.63, 3.8) is 0 Å². The Morgan fingerprint density at radius 1 is 1.25 bits per heavy atom. The van der Waals surface area contributed by atoms with Crippen LogP contribution in [0.2, 0.25) is 0 Å². The molecule has 1 N–H and O–H groups in total. The van der Waals surface area contributed by atoms with Crippen molar-refractivity contribution in [1.82, 2.24) is 4.90 Å². The van der Waals surface area contributed by atoms with Gasteiger partial charge in [0.25, 0.3) is 0 Å². The molecule has 0 aromatic heterocycles. The molecule has 3 bridgehead atoms. The minimum absolute atomic E-state index is 0.0521. The van der Waals surface area contributed by atoms with Gasteiger partial charge >= 0.3 is 0 Å². The first-order valence-corrected chi connectivity index (χ1v) is 5.77. The minimum atomic E-state index is -0.0521. The number of hydrogen-bond acceptors (Lipinski definition) is 3. The topological polar surface area (TPSA) is 23.5 Å². The molecule has 0 aromatic carbocycles. The van der Waals surface area contributed by atoms with E-state index in [-0.39, 0.29) is 6.10 Å². The lowest BCUT2D eigenvalue weighted by Crippen LogP contribution is -2.42. The van der Waals surface area contributed by atoms with Crippen LogP contribution in [0.15, 0.2) is 0 Å². The number of aliphatic hydroxyl groups is 1. The summed E-state index contributed by atoms with van der Waals surface area (Å²) in [5.74, 6) is 0. The number of hydrogen-bond donors (Lipinski definition) is 1. The van der Waals surface area contributed by atoms with Crippen LogP contribution in [0.1, 0.15) is 19.3 Å². The van der Waals surface area contributed by atoms with Crippen molar-refractivity contribution < 1.29 is 5.11 Å². The third kappa shape index (κ3) is 0.797. The van der Waals surface area contributed by atoms with Crippen molar-refractivity contribution in [3.05, 3.63) is 0 Å². The van der Waals surface area contributed by atoms with Gasteiger partial charge in [0.05, 0.1) is 6.10 Å². The molecule has 0 aromatic rings. The molecule has 3 heteroatoms. The van der Waals surface area contributed by atoms with Crippen LogP contribution in [0.25, 0.3) is 0 Å². The van der Waals surface area contributed by atoms with Gasteiger partial charge in [-0.1, -0.05) is 0 Å². The van der Waals surface area contributed by atoms with E-state index in [0.29, 0.717) is 11.3 Å². The van der Waals surface area contributed by atoms with Gasteiger partial charge in [-0.15, -0.1) is 0 Å². The van der Waals surface area contributed by atoms with Crippen LogP contribution < -0.4 is 0 Å². The summed E-state index contributed by atoms with van der Waals surface area (Å²) in [6.45, 7) is 0. The molecule has 0 radical (unpaired) electrons. The quantitative estimate of drug-likeness (QED) is 0.601. The molecule has 0 spiro atoms. The summed E-state index contributed by atoms with van der Waals surface area (Å²) in [5.41, 5.74) is 0. The Balaban J connectivity index is 1.98. The van der Waals surface area contributed by atoms with Gasteiger partial charge in [0.2, 0.25) is 0 Å². The molecule has 0 aliphatic carbocycles. The van der Waals surface area contributed by atoms with E-state index in [2.05, 4.69) is 11.9 Å². The first kappa shape index (κ1) is 7.65. The van der Waals surface area contributed by atoms with Gasteiger partial charge in [-0.05, 0) is 26.3 Å². The van der Waals surface area contributed by atoms with Crippen molar-refractivity contribution in [2.24, 2.45) is 0 Å². The molecule has 3 saturated heterocycles. The number of likely N-dealkylation sites (tertiary alicyclic amines) is 1. The number of fused-ring (bicyclic) bond motifs is 2. The highest BCUT2D eigenvalue weighted by molar-refractivity contribution is 8.00. The second kappa shape index (κ2) is 2.40. The maximum Gasteiger partial charge on any atom is 0.0814 e. The van der Waals surface area contributed by atoms with Gasteiger partial charge in [0.15, 0.2) is 0 Å². The molecular weight excluding hydrogens is 170 g/mol. The summed E-state index contributed by atoms with van der Waals surface area (Å²) in [6, 6.07) is 1.25.